The van der Waals surface area contributed by atoms with E-state index in [0.29, 0.717) is 19.8 Å². The maximum atomic E-state index is 12.6. The van der Waals surface area contributed by atoms with Gasteiger partial charge in [0, 0.05) is 0 Å². The van der Waals surface area contributed by atoms with Crippen molar-refractivity contribution in [3.05, 3.63) is 46.7 Å². The van der Waals surface area contributed by atoms with Crippen LogP contribution in [0.2, 0.25) is 4.82 Å². The van der Waals surface area contributed by atoms with E-state index in [1.165, 1.54) is 9.34 Å². The number of nitrogens with zero attached hydrogens (tertiary/aromatic N) is 1. The standard InChI is InChI=1S/C18H21NO2SSe/c1-18(2,3)21-17(20)19-12-14(11-16-15(19)9-10-22-16)23-13-7-5-4-6-8-13/h4-10,14H,11-12H2,1-3H3. The summed E-state index contributed by atoms with van der Waals surface area (Å²) in [6.07, 6.45) is 0.826. The average molecular weight is 394 g/mol. The number of carbonyl (C=O) groups is 1. The summed E-state index contributed by atoms with van der Waals surface area (Å²) in [5, 5.41) is 2.07. The van der Waals surface area contributed by atoms with E-state index in [1.807, 2.05) is 37.8 Å². The third-order valence-electron chi connectivity index (χ3n) is 3.47. The van der Waals surface area contributed by atoms with Crippen molar-refractivity contribution in [2.45, 2.75) is 37.6 Å². The van der Waals surface area contributed by atoms with E-state index in [-0.39, 0.29) is 6.09 Å². The van der Waals surface area contributed by atoms with Crippen LogP contribution in [-0.4, -0.2) is 33.2 Å². The molecule has 1 aliphatic heterocycles. The van der Waals surface area contributed by atoms with Gasteiger partial charge in [0.05, 0.1) is 0 Å². The average Bonchev–Trinajstić information content (AvgIpc) is 2.94. The van der Waals surface area contributed by atoms with E-state index in [1.54, 1.807) is 11.3 Å². The summed E-state index contributed by atoms with van der Waals surface area (Å²) >= 11 is 2.09. The van der Waals surface area contributed by atoms with Crippen LogP contribution in [0.25, 0.3) is 0 Å². The molecule has 2 heterocycles. The normalized spacial score (nSPS) is 17.7. The Bertz CT molecular complexity index is 678. The van der Waals surface area contributed by atoms with Crippen LogP contribution in [0.5, 0.6) is 0 Å². The molecule has 1 aromatic carbocycles. The summed E-state index contributed by atoms with van der Waals surface area (Å²) in [5.41, 5.74) is 0.564. The van der Waals surface area contributed by atoms with Gasteiger partial charge in [0.1, 0.15) is 0 Å². The minimum absolute atomic E-state index is 0.231. The van der Waals surface area contributed by atoms with Crippen molar-refractivity contribution in [2.24, 2.45) is 0 Å². The number of ether oxygens (including phenoxy) is 1. The summed E-state index contributed by atoms with van der Waals surface area (Å²) in [7, 11) is 0. The zero-order chi connectivity index (χ0) is 16.4. The van der Waals surface area contributed by atoms with Crippen molar-refractivity contribution in [1.29, 1.82) is 0 Å². The molecule has 122 valence electrons. The topological polar surface area (TPSA) is 29.5 Å². The molecule has 0 aliphatic carbocycles. The monoisotopic (exact) mass is 395 g/mol. The predicted molar refractivity (Wildman–Crippen MR) is 97.2 cm³/mol. The van der Waals surface area contributed by atoms with Gasteiger partial charge in [0.25, 0.3) is 0 Å². The molecule has 0 saturated carbocycles. The number of hydrogen-bond donors (Lipinski definition) is 0. The van der Waals surface area contributed by atoms with E-state index in [9.17, 15) is 4.79 Å². The molecule has 1 unspecified atom stereocenters. The molecular weight excluding hydrogens is 373 g/mol. The fourth-order valence-electron chi connectivity index (χ4n) is 2.56. The third-order valence-corrected chi connectivity index (χ3v) is 6.91. The van der Waals surface area contributed by atoms with Crippen LogP contribution in [-0.2, 0) is 11.2 Å². The van der Waals surface area contributed by atoms with Gasteiger partial charge >= 0.3 is 148 Å². The van der Waals surface area contributed by atoms with Crippen molar-refractivity contribution >= 4 is 42.5 Å². The van der Waals surface area contributed by atoms with Crippen LogP contribution in [0.1, 0.15) is 25.6 Å². The van der Waals surface area contributed by atoms with Gasteiger partial charge in [0.2, 0.25) is 0 Å². The van der Waals surface area contributed by atoms with E-state index >= 15 is 0 Å². The van der Waals surface area contributed by atoms with E-state index in [0.717, 1.165) is 18.7 Å². The Morgan fingerprint density at radius 1 is 1.26 bits per heavy atom. The second-order valence-electron chi connectivity index (χ2n) is 6.58. The van der Waals surface area contributed by atoms with Gasteiger partial charge in [-0.1, -0.05) is 0 Å². The van der Waals surface area contributed by atoms with Crippen LogP contribution < -0.4 is 9.36 Å². The molecule has 0 fully saturated rings. The Labute approximate surface area is 147 Å². The molecule has 23 heavy (non-hydrogen) atoms. The number of hydrogen-bond acceptors (Lipinski definition) is 3. The number of thiophene rings is 1. The fourth-order valence-corrected chi connectivity index (χ4v) is 6.22. The Morgan fingerprint density at radius 3 is 2.70 bits per heavy atom. The quantitative estimate of drug-likeness (QED) is 0.724. The Kier molecular flexibility index (Phi) is 4.81. The summed E-state index contributed by atoms with van der Waals surface area (Å²) in [5.74, 6) is 0. The number of fused-ring (bicyclic) bond motifs is 1. The van der Waals surface area contributed by atoms with Crippen LogP contribution in [0, 0.1) is 0 Å². The predicted octanol–water partition coefficient (Wildman–Crippen LogP) is 3.86. The summed E-state index contributed by atoms with van der Waals surface area (Å²) in [6.45, 7) is 6.48. The van der Waals surface area contributed by atoms with Crippen LogP contribution in [0.4, 0.5) is 10.5 Å². The summed E-state index contributed by atoms with van der Waals surface area (Å²) in [6, 6.07) is 12.6. The number of benzene rings is 1. The zero-order valence-electron chi connectivity index (χ0n) is 13.6. The summed E-state index contributed by atoms with van der Waals surface area (Å²) in [4.78, 5) is 16.2. The number of amides is 1. The minimum atomic E-state index is -0.467. The molecule has 0 radical (unpaired) electrons. The van der Waals surface area contributed by atoms with Crippen LogP contribution >= 0.6 is 11.3 Å². The molecule has 3 nitrogen and oxygen atoms in total. The Balaban J connectivity index is 1.79. The molecule has 1 amide bonds. The van der Waals surface area contributed by atoms with Gasteiger partial charge in [-0.25, -0.2) is 0 Å². The maximum absolute atomic E-state index is 12.6. The number of anilines is 1. The molecule has 2 aromatic rings. The van der Waals surface area contributed by atoms with Crippen molar-refractivity contribution < 1.29 is 9.53 Å². The van der Waals surface area contributed by atoms with Crippen molar-refractivity contribution in [3.63, 3.8) is 0 Å². The van der Waals surface area contributed by atoms with Gasteiger partial charge in [-0.05, 0) is 0 Å². The van der Waals surface area contributed by atoms with Gasteiger partial charge in [-0.15, -0.1) is 0 Å². The third kappa shape index (κ3) is 4.17. The van der Waals surface area contributed by atoms with Crippen molar-refractivity contribution in [1.82, 2.24) is 0 Å². The number of carbonyl (C=O) groups excluding carboxylic acids is 1. The summed E-state index contributed by atoms with van der Waals surface area (Å²) < 4.78 is 6.98. The first-order chi connectivity index (χ1) is 10.9. The molecule has 1 aliphatic rings. The van der Waals surface area contributed by atoms with Crippen molar-refractivity contribution in [3.8, 4) is 0 Å². The van der Waals surface area contributed by atoms with Gasteiger partial charge in [0.15, 0.2) is 0 Å². The van der Waals surface area contributed by atoms with Crippen LogP contribution in [0.15, 0.2) is 41.8 Å². The molecule has 3 rings (SSSR count). The molecule has 0 saturated heterocycles. The molecular formula is C18H21NO2SSe. The first-order valence-electron chi connectivity index (χ1n) is 7.71. The molecule has 0 spiro atoms. The second kappa shape index (κ2) is 6.68. The van der Waals surface area contributed by atoms with E-state index in [4.69, 9.17) is 4.74 Å². The fraction of sp³-hybridized carbons (Fsp3) is 0.389. The molecule has 0 bridgehead atoms. The first-order valence-corrected chi connectivity index (χ1v) is 10.4. The first kappa shape index (κ1) is 16.6. The van der Waals surface area contributed by atoms with Gasteiger partial charge in [-0.2, -0.15) is 0 Å². The Hall–Kier alpha value is -1.29. The Morgan fingerprint density at radius 2 is 2.00 bits per heavy atom. The molecule has 5 heteroatoms. The van der Waals surface area contributed by atoms with Gasteiger partial charge < -0.3 is 0 Å². The van der Waals surface area contributed by atoms with Gasteiger partial charge in [-0.3, -0.25) is 0 Å². The van der Waals surface area contributed by atoms with E-state index < -0.39 is 5.60 Å². The number of rotatable bonds is 2. The SMILES string of the molecule is CC(C)(C)OC(=O)N1CC([Se]c2ccccc2)Cc2sccc21. The molecule has 0 N–H and O–H groups in total. The molecule has 1 aromatic heterocycles. The second-order valence-corrected chi connectivity index (χ2v) is 10.5. The zero-order valence-corrected chi connectivity index (χ0v) is 16.1. The van der Waals surface area contributed by atoms with Crippen LogP contribution in [0.3, 0.4) is 0 Å². The molecule has 1 atom stereocenters. The van der Waals surface area contributed by atoms with Crippen molar-refractivity contribution in [2.75, 3.05) is 11.4 Å². The van der Waals surface area contributed by atoms with E-state index in [2.05, 4.69) is 29.6 Å².